The molecule has 6 nitrogen and oxygen atoms in total. The van der Waals surface area contributed by atoms with Crippen molar-refractivity contribution in [1.82, 2.24) is 14.5 Å². The lowest BCUT2D eigenvalue weighted by molar-refractivity contribution is -0.104. The van der Waals surface area contributed by atoms with Crippen molar-refractivity contribution in [3.8, 4) is 0 Å². The van der Waals surface area contributed by atoms with Crippen molar-refractivity contribution < 1.29 is 5.41 Å². The molecule has 1 fully saturated rings. The number of hydrogen-bond donors (Lipinski definition) is 2. The van der Waals surface area contributed by atoms with E-state index < -0.39 is 0 Å². The third-order valence-corrected chi connectivity index (χ3v) is 6.25. The molecular formula is C22H31ClN5O+. The number of aryl methyl sites for hydroxylation is 1. The molecular weight excluding hydrogens is 386 g/mol. The third kappa shape index (κ3) is 5.25. The van der Waals surface area contributed by atoms with Crippen LogP contribution in [0.15, 0.2) is 29.5 Å². The van der Waals surface area contributed by atoms with Crippen LogP contribution in [0, 0.1) is 12.8 Å². The smallest absolute Gasteiger partial charge is 0.272 e. The summed E-state index contributed by atoms with van der Waals surface area (Å²) in [4.78, 5) is 18.4. The Hall–Kier alpha value is -2.18. The van der Waals surface area contributed by atoms with Crippen LogP contribution in [0.4, 0.5) is 5.69 Å². The van der Waals surface area contributed by atoms with Crippen LogP contribution in [0.1, 0.15) is 36.0 Å². The summed E-state index contributed by atoms with van der Waals surface area (Å²) in [7, 11) is 1.95. The van der Waals surface area contributed by atoms with Gasteiger partial charge in [-0.1, -0.05) is 17.7 Å². The second kappa shape index (κ2) is 10.0. The highest BCUT2D eigenvalue weighted by Gasteiger charge is 2.20. The molecule has 3 rings (SSSR count). The number of hydrogen-bond acceptors (Lipinski definition) is 4. The van der Waals surface area contributed by atoms with E-state index in [4.69, 9.17) is 17.0 Å². The lowest BCUT2D eigenvalue weighted by Crippen LogP contribution is -2.35. The molecule has 0 amide bonds. The van der Waals surface area contributed by atoms with E-state index in [9.17, 15) is 4.79 Å². The summed E-state index contributed by atoms with van der Waals surface area (Å²) in [6.45, 7) is 6.05. The summed E-state index contributed by atoms with van der Waals surface area (Å²) in [5, 5.41) is 9.21. The summed E-state index contributed by atoms with van der Waals surface area (Å²) in [5.41, 5.74) is 4.74. The Morgan fingerprint density at radius 2 is 2.07 bits per heavy atom. The van der Waals surface area contributed by atoms with E-state index in [-0.39, 0.29) is 10.6 Å². The zero-order valence-corrected chi connectivity index (χ0v) is 18.1. The third-order valence-electron chi connectivity index (χ3n) is 5.99. The lowest BCUT2D eigenvalue weighted by atomic mass is 9.87. The number of nitrogens with one attached hydrogen (secondary N) is 1. The Kier molecular flexibility index (Phi) is 7.45. The Bertz CT molecular complexity index is 903. The molecule has 0 radical (unpaired) electrons. The molecule has 3 N–H and O–H groups in total. The first-order valence-corrected chi connectivity index (χ1v) is 10.7. The number of likely N-dealkylation sites (tertiary alicyclic amines) is 1. The van der Waals surface area contributed by atoms with Crippen molar-refractivity contribution in [2.24, 2.45) is 5.92 Å². The van der Waals surface area contributed by atoms with Crippen LogP contribution in [0.5, 0.6) is 0 Å². The van der Waals surface area contributed by atoms with Crippen LogP contribution >= 0.6 is 11.6 Å². The standard InChI is InChI=1S/C22H30ClN5O/c1-16-18(4-5-19(13-24)21(16)25-2)12-17-6-10-27(11-7-17)8-3-9-28-15-26-14-20(23)22(28)29/h4-5,13-15,17,24-25H,3,6-12H2,1-2H3/p+1. The minimum absolute atomic E-state index is 0.157. The van der Waals surface area contributed by atoms with E-state index in [2.05, 4.69) is 34.3 Å². The van der Waals surface area contributed by atoms with Gasteiger partial charge in [0.15, 0.2) is 6.21 Å². The van der Waals surface area contributed by atoms with Gasteiger partial charge in [-0.25, -0.2) is 4.98 Å². The van der Waals surface area contributed by atoms with Crippen molar-refractivity contribution in [3.05, 3.63) is 56.7 Å². The molecule has 2 heterocycles. The highest BCUT2D eigenvalue weighted by molar-refractivity contribution is 6.30. The first-order valence-electron chi connectivity index (χ1n) is 10.3. The summed E-state index contributed by atoms with van der Waals surface area (Å²) >= 11 is 5.85. The molecule has 1 aromatic carbocycles. The number of halogens is 1. The van der Waals surface area contributed by atoms with Gasteiger partial charge >= 0.3 is 0 Å². The van der Waals surface area contributed by atoms with Crippen molar-refractivity contribution >= 4 is 23.5 Å². The Morgan fingerprint density at radius 1 is 1.31 bits per heavy atom. The molecule has 156 valence electrons. The van der Waals surface area contributed by atoms with Crippen LogP contribution in [0.25, 0.3) is 0 Å². The van der Waals surface area contributed by atoms with Gasteiger partial charge in [-0.2, -0.15) is 0 Å². The number of nitrogens with two attached hydrogens (primary N) is 1. The van der Waals surface area contributed by atoms with Gasteiger partial charge in [-0.05, 0) is 75.4 Å². The maximum Gasteiger partial charge on any atom is 0.272 e. The van der Waals surface area contributed by atoms with E-state index in [1.807, 2.05) is 7.05 Å². The molecule has 0 bridgehead atoms. The van der Waals surface area contributed by atoms with Crippen LogP contribution < -0.4 is 16.3 Å². The average molecular weight is 417 g/mol. The quantitative estimate of drug-likeness (QED) is 0.643. The molecule has 0 unspecified atom stereocenters. The van der Waals surface area contributed by atoms with Crippen LogP contribution in [0.2, 0.25) is 5.02 Å². The molecule has 1 aliphatic heterocycles. The molecule has 2 aromatic rings. The van der Waals surface area contributed by atoms with Gasteiger partial charge in [0.1, 0.15) is 5.02 Å². The molecule has 7 heteroatoms. The molecule has 0 spiro atoms. The minimum Gasteiger partial charge on any atom is -0.387 e. The van der Waals surface area contributed by atoms with E-state index in [0.29, 0.717) is 12.5 Å². The van der Waals surface area contributed by atoms with Crippen molar-refractivity contribution in [3.63, 3.8) is 0 Å². The highest BCUT2D eigenvalue weighted by Crippen LogP contribution is 2.28. The monoisotopic (exact) mass is 416 g/mol. The molecule has 1 aromatic heterocycles. The largest absolute Gasteiger partial charge is 0.387 e. The topological polar surface area (TPSA) is 75.8 Å². The Morgan fingerprint density at radius 3 is 2.76 bits per heavy atom. The average Bonchev–Trinajstić information content (AvgIpc) is 2.73. The molecule has 0 saturated carbocycles. The zero-order valence-electron chi connectivity index (χ0n) is 17.3. The van der Waals surface area contributed by atoms with Gasteiger partial charge in [0.2, 0.25) is 0 Å². The van der Waals surface area contributed by atoms with E-state index >= 15 is 0 Å². The number of piperidine rings is 1. The zero-order chi connectivity index (χ0) is 20.8. The summed E-state index contributed by atoms with van der Waals surface area (Å²) in [6.07, 6.45) is 9.07. The lowest BCUT2D eigenvalue weighted by Gasteiger charge is -2.32. The second-order valence-corrected chi connectivity index (χ2v) is 8.22. The molecule has 0 atom stereocenters. The Balaban J connectivity index is 1.48. The van der Waals surface area contributed by atoms with Gasteiger partial charge < -0.3 is 10.2 Å². The van der Waals surface area contributed by atoms with Crippen LogP contribution in [-0.4, -0.2) is 47.3 Å². The van der Waals surface area contributed by atoms with Gasteiger partial charge in [-0.15, -0.1) is 0 Å². The van der Waals surface area contributed by atoms with E-state index in [1.165, 1.54) is 30.2 Å². The van der Waals surface area contributed by atoms with Crippen molar-refractivity contribution in [2.45, 2.75) is 39.2 Å². The van der Waals surface area contributed by atoms with Gasteiger partial charge in [0.25, 0.3) is 5.56 Å². The Labute approximate surface area is 177 Å². The highest BCUT2D eigenvalue weighted by atomic mass is 35.5. The fraction of sp³-hybridized carbons (Fsp3) is 0.500. The summed E-state index contributed by atoms with van der Waals surface area (Å²) in [6, 6.07) is 4.33. The number of aromatic nitrogens is 2. The van der Waals surface area contributed by atoms with E-state index in [0.717, 1.165) is 43.7 Å². The fourth-order valence-electron chi connectivity index (χ4n) is 4.24. The van der Waals surface area contributed by atoms with Crippen LogP contribution in [-0.2, 0) is 13.0 Å². The molecule has 0 aliphatic carbocycles. The van der Waals surface area contributed by atoms with Crippen LogP contribution in [0.3, 0.4) is 0 Å². The summed E-state index contributed by atoms with van der Waals surface area (Å²) in [5.74, 6) is 0.710. The normalized spacial score (nSPS) is 15.4. The number of nitrogens with zero attached hydrogens (tertiary/aromatic N) is 3. The van der Waals surface area contributed by atoms with Gasteiger partial charge in [0.05, 0.1) is 23.8 Å². The van der Waals surface area contributed by atoms with Crippen molar-refractivity contribution in [2.75, 3.05) is 32.0 Å². The number of anilines is 1. The predicted molar refractivity (Wildman–Crippen MR) is 119 cm³/mol. The maximum atomic E-state index is 11.9. The van der Waals surface area contributed by atoms with Gasteiger partial charge in [-0.3, -0.25) is 14.8 Å². The fourth-order valence-corrected chi connectivity index (χ4v) is 4.41. The van der Waals surface area contributed by atoms with E-state index in [1.54, 1.807) is 17.1 Å². The molecule has 29 heavy (non-hydrogen) atoms. The SMILES string of the molecule is CNc1c(C=[NH2+])ccc(CC2CCN(CCCn3cncc(Cl)c3=O)CC2)c1C. The van der Waals surface area contributed by atoms with Gasteiger partial charge in [0, 0.05) is 13.6 Å². The maximum absolute atomic E-state index is 11.9. The number of benzene rings is 1. The predicted octanol–water partition coefficient (Wildman–Crippen LogP) is 1.77. The van der Waals surface area contributed by atoms with Crippen molar-refractivity contribution in [1.29, 1.82) is 0 Å². The molecule has 1 saturated heterocycles. The first kappa shape index (κ1) is 21.5. The second-order valence-electron chi connectivity index (χ2n) is 7.81. The first-order chi connectivity index (χ1) is 14.0. The molecule has 1 aliphatic rings. The number of rotatable bonds is 8. The minimum atomic E-state index is -0.157. The summed E-state index contributed by atoms with van der Waals surface area (Å²) < 4.78 is 1.60.